The molecule has 90 valence electrons. The van der Waals surface area contributed by atoms with Crippen LogP contribution in [0, 0.1) is 5.82 Å². The Kier molecular flexibility index (Phi) is 3.24. The highest BCUT2D eigenvalue weighted by Gasteiger charge is 2.27. The zero-order valence-electron chi connectivity index (χ0n) is 9.68. The summed E-state index contributed by atoms with van der Waals surface area (Å²) in [5, 5.41) is 10.6. The van der Waals surface area contributed by atoms with Gasteiger partial charge in [-0.05, 0) is 24.1 Å². The van der Waals surface area contributed by atoms with Gasteiger partial charge in [0.25, 0.3) is 0 Å². The number of aliphatic hydroxyl groups is 1. The maximum Gasteiger partial charge on any atom is 0.123 e. The van der Waals surface area contributed by atoms with E-state index >= 15 is 0 Å². The fourth-order valence-electron chi connectivity index (χ4n) is 1.85. The predicted octanol–water partition coefficient (Wildman–Crippen LogP) is 2.32. The van der Waals surface area contributed by atoms with Gasteiger partial charge in [-0.3, -0.25) is 0 Å². The summed E-state index contributed by atoms with van der Waals surface area (Å²) < 4.78 is 14.7. The molecule has 0 aliphatic carbocycles. The summed E-state index contributed by atoms with van der Waals surface area (Å²) in [5.41, 5.74) is -0.274. The average Bonchev–Trinajstić information content (AvgIpc) is 2.82. The van der Waals surface area contributed by atoms with Crippen molar-refractivity contribution < 1.29 is 9.50 Å². The van der Waals surface area contributed by atoms with Crippen LogP contribution in [0.2, 0.25) is 0 Å². The minimum absolute atomic E-state index is 0.296. The first-order valence-electron chi connectivity index (χ1n) is 5.58. The Hall–Kier alpha value is -1.68. The van der Waals surface area contributed by atoms with Crippen LogP contribution in [-0.2, 0) is 12.1 Å². The van der Waals surface area contributed by atoms with Gasteiger partial charge in [-0.1, -0.05) is 19.1 Å². The summed E-state index contributed by atoms with van der Waals surface area (Å²) in [6.45, 7) is 2.31. The highest BCUT2D eigenvalue weighted by molar-refractivity contribution is 5.22. The number of rotatable bonds is 4. The normalized spacial score (nSPS) is 14.5. The molecule has 1 unspecified atom stereocenters. The van der Waals surface area contributed by atoms with Gasteiger partial charge in [0.15, 0.2) is 0 Å². The Balaban J connectivity index is 2.27. The van der Waals surface area contributed by atoms with E-state index < -0.39 is 5.60 Å². The molecule has 0 aliphatic rings. The molecule has 17 heavy (non-hydrogen) atoms. The van der Waals surface area contributed by atoms with Gasteiger partial charge < -0.3 is 9.67 Å². The number of benzene rings is 1. The van der Waals surface area contributed by atoms with Gasteiger partial charge in [0, 0.05) is 12.4 Å². The van der Waals surface area contributed by atoms with E-state index in [0.29, 0.717) is 13.0 Å². The van der Waals surface area contributed by atoms with E-state index in [-0.39, 0.29) is 5.82 Å². The fourth-order valence-corrected chi connectivity index (χ4v) is 1.85. The number of imidazole rings is 1. The molecule has 2 rings (SSSR count). The van der Waals surface area contributed by atoms with E-state index in [4.69, 9.17) is 0 Å². The Morgan fingerprint density at radius 3 is 2.59 bits per heavy atom. The summed E-state index contributed by atoms with van der Waals surface area (Å²) in [6, 6.07) is 5.97. The summed E-state index contributed by atoms with van der Waals surface area (Å²) in [6.07, 6.45) is 5.67. The standard InChI is InChI=1S/C13H15FN2O/c1-2-13(17,9-16-8-7-15-10-16)11-3-5-12(14)6-4-11/h3-8,10,17H,2,9H2,1H3. The molecule has 0 bridgehead atoms. The topological polar surface area (TPSA) is 38.0 Å². The molecule has 1 aromatic heterocycles. The van der Waals surface area contributed by atoms with Crippen LogP contribution in [0.1, 0.15) is 18.9 Å². The second-order valence-electron chi connectivity index (χ2n) is 4.13. The van der Waals surface area contributed by atoms with Crippen LogP contribution in [0.25, 0.3) is 0 Å². The van der Waals surface area contributed by atoms with Crippen LogP contribution in [0.5, 0.6) is 0 Å². The Morgan fingerprint density at radius 1 is 1.35 bits per heavy atom. The van der Waals surface area contributed by atoms with Crippen molar-refractivity contribution in [2.45, 2.75) is 25.5 Å². The molecule has 1 atom stereocenters. The second kappa shape index (κ2) is 4.67. The molecule has 1 heterocycles. The van der Waals surface area contributed by atoms with Crippen LogP contribution >= 0.6 is 0 Å². The van der Waals surface area contributed by atoms with Gasteiger partial charge in [0.1, 0.15) is 11.4 Å². The maximum absolute atomic E-state index is 12.9. The number of halogens is 1. The predicted molar refractivity (Wildman–Crippen MR) is 62.8 cm³/mol. The number of nitrogens with zero attached hydrogens (tertiary/aromatic N) is 2. The van der Waals surface area contributed by atoms with Gasteiger partial charge in [0.05, 0.1) is 12.9 Å². The van der Waals surface area contributed by atoms with E-state index in [1.165, 1.54) is 12.1 Å². The Bertz CT molecular complexity index is 467. The lowest BCUT2D eigenvalue weighted by Gasteiger charge is -2.27. The summed E-state index contributed by atoms with van der Waals surface area (Å²) >= 11 is 0. The van der Waals surface area contributed by atoms with E-state index in [1.54, 1.807) is 30.9 Å². The molecule has 0 saturated heterocycles. The van der Waals surface area contributed by atoms with Crippen molar-refractivity contribution in [2.75, 3.05) is 0 Å². The van der Waals surface area contributed by atoms with Crippen molar-refractivity contribution >= 4 is 0 Å². The highest BCUT2D eigenvalue weighted by atomic mass is 19.1. The molecule has 4 heteroatoms. The van der Waals surface area contributed by atoms with Crippen LogP contribution in [0.4, 0.5) is 4.39 Å². The van der Waals surface area contributed by atoms with Gasteiger partial charge >= 0.3 is 0 Å². The van der Waals surface area contributed by atoms with Crippen molar-refractivity contribution in [3.63, 3.8) is 0 Å². The van der Waals surface area contributed by atoms with E-state index in [1.807, 2.05) is 11.5 Å². The summed E-state index contributed by atoms with van der Waals surface area (Å²) in [5.74, 6) is -0.296. The smallest absolute Gasteiger partial charge is 0.123 e. The second-order valence-corrected chi connectivity index (χ2v) is 4.13. The lowest BCUT2D eigenvalue weighted by Crippen LogP contribution is -2.30. The van der Waals surface area contributed by atoms with Gasteiger partial charge in [-0.2, -0.15) is 0 Å². The fraction of sp³-hybridized carbons (Fsp3) is 0.308. The lowest BCUT2D eigenvalue weighted by molar-refractivity contribution is 0.0143. The van der Waals surface area contributed by atoms with Crippen molar-refractivity contribution in [3.05, 3.63) is 54.4 Å². The first-order chi connectivity index (χ1) is 8.14. The quantitative estimate of drug-likeness (QED) is 0.881. The van der Waals surface area contributed by atoms with E-state index in [9.17, 15) is 9.50 Å². The van der Waals surface area contributed by atoms with Crippen molar-refractivity contribution in [1.29, 1.82) is 0 Å². The molecule has 0 amide bonds. The molecule has 0 aliphatic heterocycles. The summed E-state index contributed by atoms with van der Waals surface area (Å²) in [4.78, 5) is 3.94. The first-order valence-corrected chi connectivity index (χ1v) is 5.58. The molecule has 1 aromatic carbocycles. The molecule has 0 radical (unpaired) electrons. The number of aromatic nitrogens is 2. The van der Waals surface area contributed by atoms with E-state index in [2.05, 4.69) is 4.98 Å². The molecule has 0 spiro atoms. The molecule has 3 nitrogen and oxygen atoms in total. The molecule has 2 aromatic rings. The van der Waals surface area contributed by atoms with Gasteiger partial charge in [-0.25, -0.2) is 9.37 Å². The lowest BCUT2D eigenvalue weighted by atomic mass is 9.91. The average molecular weight is 234 g/mol. The van der Waals surface area contributed by atoms with Crippen LogP contribution in [0.15, 0.2) is 43.0 Å². The molecular weight excluding hydrogens is 219 g/mol. The van der Waals surface area contributed by atoms with Crippen LogP contribution in [-0.4, -0.2) is 14.7 Å². The Labute approximate surface area is 99.5 Å². The van der Waals surface area contributed by atoms with Crippen LogP contribution < -0.4 is 0 Å². The molecule has 0 fully saturated rings. The van der Waals surface area contributed by atoms with E-state index in [0.717, 1.165) is 5.56 Å². The largest absolute Gasteiger partial charge is 0.383 e. The minimum Gasteiger partial charge on any atom is -0.383 e. The number of hydrogen-bond donors (Lipinski definition) is 1. The third kappa shape index (κ3) is 2.53. The van der Waals surface area contributed by atoms with Crippen molar-refractivity contribution in [3.8, 4) is 0 Å². The highest BCUT2D eigenvalue weighted by Crippen LogP contribution is 2.27. The van der Waals surface area contributed by atoms with Gasteiger partial charge in [0.2, 0.25) is 0 Å². The minimum atomic E-state index is -0.992. The third-order valence-corrected chi connectivity index (χ3v) is 2.97. The van der Waals surface area contributed by atoms with Crippen LogP contribution in [0.3, 0.4) is 0 Å². The molecule has 1 N–H and O–H groups in total. The van der Waals surface area contributed by atoms with Crippen molar-refractivity contribution in [2.24, 2.45) is 0 Å². The molecule has 0 saturated carbocycles. The zero-order valence-corrected chi connectivity index (χ0v) is 9.68. The maximum atomic E-state index is 12.9. The third-order valence-electron chi connectivity index (χ3n) is 2.97. The monoisotopic (exact) mass is 234 g/mol. The number of hydrogen-bond acceptors (Lipinski definition) is 2. The van der Waals surface area contributed by atoms with Gasteiger partial charge in [-0.15, -0.1) is 0 Å². The zero-order chi connectivity index (χ0) is 12.3. The SMILES string of the molecule is CCC(O)(Cn1ccnc1)c1ccc(F)cc1. The molecular formula is C13H15FN2O. The first kappa shape index (κ1) is 11.8. The summed E-state index contributed by atoms with van der Waals surface area (Å²) in [7, 11) is 0. The Morgan fingerprint density at radius 2 is 2.06 bits per heavy atom. The van der Waals surface area contributed by atoms with Crippen molar-refractivity contribution in [1.82, 2.24) is 9.55 Å².